The van der Waals surface area contributed by atoms with Crippen LogP contribution in [0.1, 0.15) is 51.2 Å². The zero-order valence-corrected chi connectivity index (χ0v) is 22.3. The van der Waals surface area contributed by atoms with Gasteiger partial charge in [0.15, 0.2) is 0 Å². The van der Waals surface area contributed by atoms with E-state index in [0.717, 1.165) is 35.4 Å². The maximum Gasteiger partial charge on any atom is 0.271 e. The van der Waals surface area contributed by atoms with Crippen molar-refractivity contribution in [2.45, 2.75) is 47.0 Å². The van der Waals surface area contributed by atoms with Gasteiger partial charge in [-0.05, 0) is 74.2 Å². The van der Waals surface area contributed by atoms with Crippen molar-refractivity contribution in [2.24, 2.45) is 0 Å². The zero-order chi connectivity index (χ0) is 27.2. The predicted molar refractivity (Wildman–Crippen MR) is 147 cm³/mol. The smallest absolute Gasteiger partial charge is 0.271 e. The minimum Gasteiger partial charge on any atom is -0.493 e. The van der Waals surface area contributed by atoms with Crippen LogP contribution in [0.15, 0.2) is 71.4 Å². The summed E-state index contributed by atoms with van der Waals surface area (Å²) in [5.41, 5.74) is 4.82. The van der Waals surface area contributed by atoms with Gasteiger partial charge in [0, 0.05) is 29.4 Å². The highest BCUT2D eigenvalue weighted by atomic mass is 16.5. The van der Waals surface area contributed by atoms with Gasteiger partial charge >= 0.3 is 0 Å². The number of rotatable bonds is 9. The molecule has 1 aromatic heterocycles. The molecule has 0 fully saturated rings. The second-order valence-corrected chi connectivity index (χ2v) is 9.33. The summed E-state index contributed by atoms with van der Waals surface area (Å²) >= 11 is 0. The Labute approximate surface area is 223 Å². The summed E-state index contributed by atoms with van der Waals surface area (Å²) in [5.74, 6) is -0.0973. The molecule has 0 bridgehead atoms. The zero-order valence-electron chi connectivity index (χ0n) is 22.3. The van der Waals surface area contributed by atoms with Crippen LogP contribution in [0.4, 0.5) is 0 Å². The van der Waals surface area contributed by atoms with E-state index in [0.29, 0.717) is 35.4 Å². The normalized spacial score (nSPS) is 14.8. The van der Waals surface area contributed by atoms with Crippen LogP contribution in [0.5, 0.6) is 5.75 Å². The number of benzene rings is 2. The van der Waals surface area contributed by atoms with Crippen LogP contribution in [0.2, 0.25) is 0 Å². The molecule has 1 aliphatic heterocycles. The number of ether oxygens (including phenoxy) is 1. The summed E-state index contributed by atoms with van der Waals surface area (Å²) in [4.78, 5) is 27.6. The van der Waals surface area contributed by atoms with E-state index in [-0.39, 0.29) is 12.1 Å². The lowest BCUT2D eigenvalue weighted by Crippen LogP contribution is -2.43. The number of hydrogen-bond acceptors (Lipinski definition) is 5. The van der Waals surface area contributed by atoms with Gasteiger partial charge in [-0.2, -0.15) is 10.4 Å². The summed E-state index contributed by atoms with van der Waals surface area (Å²) in [6.45, 7) is 8.63. The number of amides is 2. The van der Waals surface area contributed by atoms with Gasteiger partial charge in [-0.25, -0.2) is 4.68 Å². The van der Waals surface area contributed by atoms with Crippen LogP contribution < -0.4 is 4.74 Å². The molecule has 2 aromatic carbocycles. The van der Waals surface area contributed by atoms with Crippen LogP contribution in [0.3, 0.4) is 0 Å². The van der Waals surface area contributed by atoms with E-state index in [1.807, 2.05) is 74.6 Å². The maximum atomic E-state index is 13.5. The van der Waals surface area contributed by atoms with Crippen molar-refractivity contribution in [2.75, 3.05) is 13.2 Å². The first-order valence-corrected chi connectivity index (χ1v) is 13.0. The standard InChI is InChI=1S/C31H32N4O3/c1-5-7-15-34-30(36)26(22(4)27(19-32)31(34)37)18-24-20-35(25-11-9-8-10-12-25)33-29(24)23-13-14-28(21(3)17-23)38-16-6-2/h8-14,17-18,20H,5-7,15-16H2,1-4H3/b26-18+. The number of para-hydroxylation sites is 1. The lowest BCUT2D eigenvalue weighted by molar-refractivity contribution is -0.140. The Kier molecular flexibility index (Phi) is 8.22. The van der Waals surface area contributed by atoms with E-state index < -0.39 is 11.8 Å². The molecular formula is C31H32N4O3. The molecule has 0 radical (unpaired) electrons. The SMILES string of the molecule is CCCCN1C(=O)C(C#N)=C(C)/C(=C\c2cn(-c3ccccc3)nc2-c2ccc(OCCC)c(C)c2)C1=O. The van der Waals surface area contributed by atoms with Gasteiger partial charge in [0.1, 0.15) is 17.4 Å². The van der Waals surface area contributed by atoms with E-state index in [9.17, 15) is 14.9 Å². The van der Waals surface area contributed by atoms with Crippen LogP contribution in [0, 0.1) is 18.3 Å². The molecule has 7 nitrogen and oxygen atoms in total. The fraction of sp³-hybridized carbons (Fsp3) is 0.290. The third-order valence-electron chi connectivity index (χ3n) is 6.53. The van der Waals surface area contributed by atoms with E-state index in [2.05, 4.69) is 6.92 Å². The van der Waals surface area contributed by atoms with Crippen molar-refractivity contribution < 1.29 is 14.3 Å². The molecule has 0 saturated heterocycles. The summed E-state index contributed by atoms with van der Waals surface area (Å²) in [6.07, 6.45) is 6.04. The van der Waals surface area contributed by atoms with Crippen molar-refractivity contribution in [3.05, 3.63) is 82.6 Å². The van der Waals surface area contributed by atoms with Gasteiger partial charge < -0.3 is 4.74 Å². The van der Waals surface area contributed by atoms with E-state index in [1.165, 1.54) is 4.90 Å². The van der Waals surface area contributed by atoms with E-state index in [1.54, 1.807) is 17.7 Å². The molecule has 7 heteroatoms. The highest BCUT2D eigenvalue weighted by molar-refractivity contribution is 6.19. The first-order chi connectivity index (χ1) is 18.4. The van der Waals surface area contributed by atoms with Crippen molar-refractivity contribution >= 4 is 17.9 Å². The number of nitrogens with zero attached hydrogens (tertiary/aromatic N) is 4. The number of nitriles is 1. The summed E-state index contributed by atoms with van der Waals surface area (Å²) in [6, 6.07) is 17.7. The quantitative estimate of drug-likeness (QED) is 0.260. The van der Waals surface area contributed by atoms with Gasteiger partial charge in [-0.15, -0.1) is 0 Å². The molecule has 0 atom stereocenters. The molecule has 2 amide bonds. The van der Waals surface area contributed by atoms with Gasteiger partial charge in [-0.1, -0.05) is 38.5 Å². The molecule has 4 rings (SSSR count). The summed E-state index contributed by atoms with van der Waals surface area (Å²) < 4.78 is 7.63. The second kappa shape index (κ2) is 11.7. The van der Waals surface area contributed by atoms with Crippen LogP contribution in [-0.2, 0) is 9.59 Å². The first kappa shape index (κ1) is 26.6. The minimum absolute atomic E-state index is 0.00257. The number of carbonyl (C=O) groups is 2. The van der Waals surface area contributed by atoms with Crippen LogP contribution in [0.25, 0.3) is 23.0 Å². The van der Waals surface area contributed by atoms with Crippen LogP contribution in [-0.4, -0.2) is 39.6 Å². The molecule has 0 unspecified atom stereocenters. The molecule has 0 saturated carbocycles. The molecule has 2 heterocycles. The molecule has 0 aliphatic carbocycles. The number of aryl methyl sites for hydroxylation is 1. The Morgan fingerprint density at radius 3 is 2.45 bits per heavy atom. The van der Waals surface area contributed by atoms with Gasteiger partial charge in [0.05, 0.1) is 18.0 Å². The maximum absolute atomic E-state index is 13.5. The number of imide groups is 1. The summed E-state index contributed by atoms with van der Waals surface area (Å²) in [5, 5.41) is 14.6. The molecular weight excluding hydrogens is 476 g/mol. The third-order valence-corrected chi connectivity index (χ3v) is 6.53. The lowest BCUT2D eigenvalue weighted by Gasteiger charge is -2.27. The number of aromatic nitrogens is 2. The third kappa shape index (κ3) is 5.30. The van der Waals surface area contributed by atoms with E-state index in [4.69, 9.17) is 9.84 Å². The average molecular weight is 509 g/mol. The number of carbonyl (C=O) groups excluding carboxylic acids is 2. The lowest BCUT2D eigenvalue weighted by atomic mass is 9.93. The van der Waals surface area contributed by atoms with Crippen molar-refractivity contribution in [1.29, 1.82) is 5.26 Å². The van der Waals surface area contributed by atoms with Gasteiger partial charge in [-0.3, -0.25) is 14.5 Å². The van der Waals surface area contributed by atoms with Crippen LogP contribution >= 0.6 is 0 Å². The molecule has 1 aliphatic rings. The fourth-order valence-corrected chi connectivity index (χ4v) is 4.41. The Morgan fingerprint density at radius 2 is 1.79 bits per heavy atom. The Hall–Kier alpha value is -4.44. The molecule has 0 N–H and O–H groups in total. The first-order valence-electron chi connectivity index (χ1n) is 13.0. The predicted octanol–water partition coefficient (Wildman–Crippen LogP) is 6.03. The monoisotopic (exact) mass is 508 g/mol. The summed E-state index contributed by atoms with van der Waals surface area (Å²) in [7, 11) is 0. The molecule has 3 aromatic rings. The topological polar surface area (TPSA) is 88.2 Å². The van der Waals surface area contributed by atoms with Crippen molar-refractivity contribution in [3.8, 4) is 28.8 Å². The second-order valence-electron chi connectivity index (χ2n) is 9.33. The number of unbranched alkanes of at least 4 members (excludes halogenated alkanes) is 1. The highest BCUT2D eigenvalue weighted by Gasteiger charge is 2.35. The van der Waals surface area contributed by atoms with Gasteiger partial charge in [0.25, 0.3) is 11.8 Å². The fourth-order valence-electron chi connectivity index (χ4n) is 4.41. The average Bonchev–Trinajstić information content (AvgIpc) is 3.35. The Morgan fingerprint density at radius 1 is 1.03 bits per heavy atom. The molecule has 0 spiro atoms. The van der Waals surface area contributed by atoms with Crippen molar-refractivity contribution in [3.63, 3.8) is 0 Å². The Bertz CT molecular complexity index is 1460. The molecule has 38 heavy (non-hydrogen) atoms. The van der Waals surface area contributed by atoms with Gasteiger partial charge in [0.2, 0.25) is 0 Å². The van der Waals surface area contributed by atoms with E-state index >= 15 is 0 Å². The van der Waals surface area contributed by atoms with Crippen molar-refractivity contribution in [1.82, 2.24) is 14.7 Å². The Balaban J connectivity index is 1.87. The number of hydrogen-bond donors (Lipinski definition) is 0. The largest absolute Gasteiger partial charge is 0.493 e. The molecule has 194 valence electrons. The highest BCUT2D eigenvalue weighted by Crippen LogP contribution is 2.33. The minimum atomic E-state index is -0.529.